The molecule has 1 rings (SSSR count). The van der Waals surface area contributed by atoms with Gasteiger partial charge in [0.1, 0.15) is 5.75 Å². The van der Waals surface area contributed by atoms with E-state index >= 15 is 0 Å². The lowest BCUT2D eigenvalue weighted by atomic mass is 9.82. The smallest absolute Gasteiger partial charge is 0.336 e. The second-order valence-electron chi connectivity index (χ2n) is 7.54. The van der Waals surface area contributed by atoms with Crippen LogP contribution in [0.1, 0.15) is 112 Å². The van der Waals surface area contributed by atoms with Crippen molar-refractivity contribution >= 4 is 5.97 Å². The minimum atomic E-state index is -0.759. The number of rotatable bonds is 14. The number of unbranched alkanes of at least 4 members (excludes halogenated alkanes) is 4. The number of benzene rings is 1. The van der Waals surface area contributed by atoms with E-state index in [2.05, 4.69) is 27.7 Å². The number of methoxy groups -OCH3 is 1. The van der Waals surface area contributed by atoms with Crippen LogP contribution in [-0.2, 0) is 25.7 Å². The SMILES string of the molecule is CCCCc1c(CCCC)c(C(=O)O)c(CCCC)c(CCCC)c1OC.N. The topological polar surface area (TPSA) is 81.5 Å². The summed E-state index contributed by atoms with van der Waals surface area (Å²) in [7, 11) is 1.76. The van der Waals surface area contributed by atoms with Crippen molar-refractivity contribution in [2.75, 3.05) is 7.11 Å². The van der Waals surface area contributed by atoms with E-state index in [1.165, 1.54) is 0 Å². The summed E-state index contributed by atoms with van der Waals surface area (Å²) in [5, 5.41) is 10.2. The van der Waals surface area contributed by atoms with E-state index in [0.717, 1.165) is 105 Å². The third-order valence-corrected chi connectivity index (χ3v) is 5.42. The van der Waals surface area contributed by atoms with Crippen molar-refractivity contribution in [3.8, 4) is 5.75 Å². The number of aromatic carboxylic acids is 1. The van der Waals surface area contributed by atoms with Crippen molar-refractivity contribution < 1.29 is 14.6 Å². The van der Waals surface area contributed by atoms with Crippen LogP contribution in [0.15, 0.2) is 0 Å². The van der Waals surface area contributed by atoms with E-state index in [9.17, 15) is 9.90 Å². The van der Waals surface area contributed by atoms with Crippen LogP contribution in [-0.4, -0.2) is 18.2 Å². The summed E-state index contributed by atoms with van der Waals surface area (Å²) in [6.45, 7) is 8.70. The largest absolute Gasteiger partial charge is 0.496 e. The highest BCUT2D eigenvalue weighted by Crippen LogP contribution is 2.38. The molecule has 162 valence electrons. The highest BCUT2D eigenvalue weighted by atomic mass is 16.5. The van der Waals surface area contributed by atoms with Gasteiger partial charge in [-0.2, -0.15) is 0 Å². The Balaban J connectivity index is 0.00000729. The van der Waals surface area contributed by atoms with Gasteiger partial charge in [-0.25, -0.2) is 4.79 Å². The molecule has 0 saturated heterocycles. The highest BCUT2D eigenvalue weighted by molar-refractivity contribution is 5.93. The normalized spacial score (nSPS) is 10.6. The molecular weight excluding hydrogens is 350 g/mol. The molecule has 0 aliphatic heterocycles. The summed E-state index contributed by atoms with van der Waals surface area (Å²) in [6, 6.07) is 0. The van der Waals surface area contributed by atoms with E-state index in [1.54, 1.807) is 7.11 Å². The first-order valence-electron chi connectivity index (χ1n) is 11.0. The van der Waals surface area contributed by atoms with E-state index in [4.69, 9.17) is 4.74 Å². The highest BCUT2D eigenvalue weighted by Gasteiger charge is 2.26. The van der Waals surface area contributed by atoms with E-state index in [1.807, 2.05) is 0 Å². The molecule has 0 spiro atoms. The summed E-state index contributed by atoms with van der Waals surface area (Å²) in [4.78, 5) is 12.4. The average Bonchev–Trinajstić information content (AvgIpc) is 2.66. The van der Waals surface area contributed by atoms with Gasteiger partial charge in [-0.15, -0.1) is 0 Å². The van der Waals surface area contributed by atoms with Gasteiger partial charge in [0, 0.05) is 0 Å². The Kier molecular flexibility index (Phi) is 13.6. The maximum Gasteiger partial charge on any atom is 0.336 e. The first-order chi connectivity index (χ1) is 13.1. The average molecular weight is 394 g/mol. The maximum absolute atomic E-state index is 12.4. The third-order valence-electron chi connectivity index (χ3n) is 5.42. The van der Waals surface area contributed by atoms with Gasteiger partial charge >= 0.3 is 5.97 Å². The molecule has 0 atom stereocenters. The maximum atomic E-state index is 12.4. The van der Waals surface area contributed by atoms with Crippen LogP contribution < -0.4 is 10.9 Å². The first kappa shape index (κ1) is 26.4. The summed E-state index contributed by atoms with van der Waals surface area (Å²) in [5.41, 5.74) is 5.00. The number of hydrogen-bond acceptors (Lipinski definition) is 3. The Labute approximate surface area is 172 Å². The zero-order valence-corrected chi connectivity index (χ0v) is 19.0. The summed E-state index contributed by atoms with van der Waals surface area (Å²) < 4.78 is 5.95. The van der Waals surface area contributed by atoms with Crippen molar-refractivity contribution in [3.05, 3.63) is 27.8 Å². The van der Waals surface area contributed by atoms with Crippen LogP contribution in [0.3, 0.4) is 0 Å². The molecule has 28 heavy (non-hydrogen) atoms. The number of carbonyl (C=O) groups is 1. The lowest BCUT2D eigenvalue weighted by Gasteiger charge is -2.25. The molecule has 1 aromatic rings. The molecule has 0 aliphatic rings. The molecule has 0 radical (unpaired) electrons. The van der Waals surface area contributed by atoms with Crippen LogP contribution in [0, 0.1) is 0 Å². The van der Waals surface area contributed by atoms with Crippen LogP contribution in [0.5, 0.6) is 5.75 Å². The van der Waals surface area contributed by atoms with Crippen molar-refractivity contribution in [2.45, 2.75) is 105 Å². The second kappa shape index (κ2) is 14.4. The van der Waals surface area contributed by atoms with Crippen molar-refractivity contribution in [3.63, 3.8) is 0 Å². The Morgan fingerprint density at radius 3 is 1.29 bits per heavy atom. The minimum absolute atomic E-state index is 0. The standard InChI is InChI=1S/C24H40O3.H3N/c1-6-10-14-18-20(16-12-8-3)23(27-5)21(17-13-9-4)19(15-11-7-2)22(18)24(25)26;/h6-17H2,1-5H3,(H,25,26);1H3. The van der Waals surface area contributed by atoms with Crippen LogP contribution in [0.2, 0.25) is 0 Å². The zero-order valence-electron chi connectivity index (χ0n) is 19.0. The van der Waals surface area contributed by atoms with Crippen LogP contribution in [0.25, 0.3) is 0 Å². The molecule has 4 nitrogen and oxygen atoms in total. The molecule has 0 unspecified atom stereocenters. The fourth-order valence-electron chi connectivity index (χ4n) is 3.94. The molecule has 4 N–H and O–H groups in total. The lowest BCUT2D eigenvalue weighted by Crippen LogP contribution is -2.16. The molecule has 0 fully saturated rings. The van der Waals surface area contributed by atoms with Gasteiger partial charge in [0.15, 0.2) is 0 Å². The summed E-state index contributed by atoms with van der Waals surface area (Å²) >= 11 is 0. The molecule has 4 heteroatoms. The second-order valence-corrected chi connectivity index (χ2v) is 7.54. The monoisotopic (exact) mass is 393 g/mol. The number of hydrogen-bond donors (Lipinski definition) is 2. The molecule has 0 bridgehead atoms. The predicted molar refractivity (Wildman–Crippen MR) is 119 cm³/mol. The fraction of sp³-hybridized carbons (Fsp3) is 0.708. The first-order valence-corrected chi connectivity index (χ1v) is 11.0. The van der Waals surface area contributed by atoms with Gasteiger partial charge in [-0.3, -0.25) is 0 Å². The Bertz CT molecular complexity index is 555. The van der Waals surface area contributed by atoms with Gasteiger partial charge in [0.25, 0.3) is 0 Å². The van der Waals surface area contributed by atoms with Crippen molar-refractivity contribution in [1.82, 2.24) is 6.15 Å². The Hall–Kier alpha value is -1.55. The van der Waals surface area contributed by atoms with Gasteiger partial charge < -0.3 is 16.0 Å². The quantitative estimate of drug-likeness (QED) is 0.359. The third kappa shape index (κ3) is 6.80. The minimum Gasteiger partial charge on any atom is -0.496 e. The van der Waals surface area contributed by atoms with Gasteiger partial charge in [0.2, 0.25) is 0 Å². The van der Waals surface area contributed by atoms with E-state index < -0.39 is 5.97 Å². The number of carboxylic acids is 1. The molecule has 0 aliphatic carbocycles. The molecule has 0 saturated carbocycles. The fourth-order valence-corrected chi connectivity index (χ4v) is 3.94. The Morgan fingerprint density at radius 2 is 1.04 bits per heavy atom. The summed E-state index contributed by atoms with van der Waals surface area (Å²) in [5.74, 6) is 0.226. The number of carboxylic acid groups (broad SMARTS) is 1. The van der Waals surface area contributed by atoms with Crippen LogP contribution in [0.4, 0.5) is 0 Å². The van der Waals surface area contributed by atoms with Crippen LogP contribution >= 0.6 is 0 Å². The van der Waals surface area contributed by atoms with Crippen molar-refractivity contribution in [1.29, 1.82) is 0 Å². The molecular formula is C24H43NO3. The van der Waals surface area contributed by atoms with Crippen molar-refractivity contribution in [2.24, 2.45) is 0 Å². The van der Waals surface area contributed by atoms with Gasteiger partial charge in [-0.05, 0) is 73.6 Å². The molecule has 0 amide bonds. The van der Waals surface area contributed by atoms with E-state index in [-0.39, 0.29) is 6.15 Å². The Morgan fingerprint density at radius 1 is 0.714 bits per heavy atom. The summed E-state index contributed by atoms with van der Waals surface area (Å²) in [6.07, 6.45) is 12.0. The van der Waals surface area contributed by atoms with Gasteiger partial charge in [-0.1, -0.05) is 53.4 Å². The lowest BCUT2D eigenvalue weighted by molar-refractivity contribution is 0.0694. The van der Waals surface area contributed by atoms with E-state index in [0.29, 0.717) is 5.56 Å². The molecule has 1 aromatic carbocycles. The zero-order chi connectivity index (χ0) is 20.2. The van der Waals surface area contributed by atoms with Gasteiger partial charge in [0.05, 0.1) is 12.7 Å². The number of ether oxygens (including phenoxy) is 1. The molecule has 0 heterocycles. The predicted octanol–water partition coefficient (Wildman–Crippen LogP) is 6.93. The molecule has 0 aromatic heterocycles.